The first-order chi connectivity index (χ1) is 12.5. The van der Waals surface area contributed by atoms with Crippen LogP contribution in [-0.4, -0.2) is 49.0 Å². The largest absolute Gasteiger partial charge is 0.494 e. The Morgan fingerprint density at radius 1 is 1.08 bits per heavy atom. The number of piperazine rings is 1. The smallest absolute Gasteiger partial charge is 0.254 e. The van der Waals surface area contributed by atoms with Crippen molar-refractivity contribution in [3.8, 4) is 5.75 Å². The Labute approximate surface area is 154 Å². The van der Waals surface area contributed by atoms with Gasteiger partial charge in [-0.05, 0) is 43.2 Å². The summed E-state index contributed by atoms with van der Waals surface area (Å²) in [5.74, 6) is 0.0175. The van der Waals surface area contributed by atoms with E-state index < -0.39 is 0 Å². The predicted molar refractivity (Wildman–Crippen MR) is 100 cm³/mol. The third kappa shape index (κ3) is 4.05. The highest BCUT2D eigenvalue weighted by Gasteiger charge is 2.23. The molecule has 2 aromatic carbocycles. The summed E-state index contributed by atoms with van der Waals surface area (Å²) in [5.41, 5.74) is 3.88. The van der Waals surface area contributed by atoms with Crippen LogP contribution in [0.15, 0.2) is 36.4 Å². The lowest BCUT2D eigenvalue weighted by Gasteiger charge is -2.35. The van der Waals surface area contributed by atoms with Crippen molar-refractivity contribution >= 4 is 5.91 Å². The van der Waals surface area contributed by atoms with E-state index in [1.165, 1.54) is 13.2 Å². The zero-order chi connectivity index (χ0) is 18.7. The molecule has 1 aliphatic heterocycles. The maximum absolute atomic E-state index is 13.8. The number of carbonyl (C=O) groups excluding carboxylic acids is 1. The second-order valence-electron chi connectivity index (χ2n) is 6.86. The van der Waals surface area contributed by atoms with E-state index in [-0.39, 0.29) is 17.5 Å². The van der Waals surface area contributed by atoms with Crippen molar-refractivity contribution in [2.75, 3.05) is 33.3 Å². The van der Waals surface area contributed by atoms with Crippen molar-refractivity contribution in [3.63, 3.8) is 0 Å². The highest BCUT2D eigenvalue weighted by molar-refractivity contribution is 5.95. The van der Waals surface area contributed by atoms with Gasteiger partial charge in [-0.1, -0.05) is 23.8 Å². The molecule has 3 rings (SSSR count). The van der Waals surface area contributed by atoms with Gasteiger partial charge in [0.2, 0.25) is 0 Å². The van der Waals surface area contributed by atoms with Crippen LogP contribution in [0.3, 0.4) is 0 Å². The monoisotopic (exact) mass is 356 g/mol. The Balaban J connectivity index is 1.58. The maximum atomic E-state index is 13.8. The Morgan fingerprint density at radius 3 is 2.42 bits per heavy atom. The third-order valence-corrected chi connectivity index (χ3v) is 4.89. The molecule has 0 bridgehead atoms. The van der Waals surface area contributed by atoms with Gasteiger partial charge < -0.3 is 9.64 Å². The van der Waals surface area contributed by atoms with Crippen LogP contribution in [0, 0.1) is 19.7 Å². The first-order valence-corrected chi connectivity index (χ1v) is 8.89. The van der Waals surface area contributed by atoms with Gasteiger partial charge in [-0.2, -0.15) is 0 Å². The molecule has 26 heavy (non-hydrogen) atoms. The third-order valence-electron chi connectivity index (χ3n) is 4.89. The van der Waals surface area contributed by atoms with Crippen molar-refractivity contribution < 1.29 is 13.9 Å². The van der Waals surface area contributed by atoms with E-state index in [1.54, 1.807) is 6.07 Å². The van der Waals surface area contributed by atoms with Crippen LogP contribution in [0.2, 0.25) is 0 Å². The molecule has 1 amide bonds. The summed E-state index contributed by atoms with van der Waals surface area (Å²) in [6.45, 7) is 7.62. The van der Waals surface area contributed by atoms with Crippen LogP contribution in [0.4, 0.5) is 4.39 Å². The molecular formula is C21H25FN2O2. The highest BCUT2D eigenvalue weighted by Crippen LogP contribution is 2.20. The van der Waals surface area contributed by atoms with E-state index in [2.05, 4.69) is 4.90 Å². The van der Waals surface area contributed by atoms with E-state index in [0.717, 1.165) is 35.3 Å². The Bertz CT molecular complexity index is 799. The normalized spacial score (nSPS) is 15.2. The van der Waals surface area contributed by atoms with Crippen LogP contribution >= 0.6 is 0 Å². The predicted octanol–water partition coefficient (Wildman–Crippen LogP) is 3.41. The molecular weight excluding hydrogens is 331 g/mol. The Hall–Kier alpha value is -2.40. The van der Waals surface area contributed by atoms with Gasteiger partial charge in [0.25, 0.3) is 5.91 Å². The molecule has 0 aliphatic carbocycles. The molecule has 0 N–H and O–H groups in total. The fourth-order valence-corrected chi connectivity index (χ4v) is 3.40. The number of amides is 1. The maximum Gasteiger partial charge on any atom is 0.254 e. The zero-order valence-corrected chi connectivity index (χ0v) is 15.6. The second kappa shape index (κ2) is 7.87. The van der Waals surface area contributed by atoms with E-state index >= 15 is 0 Å². The van der Waals surface area contributed by atoms with Gasteiger partial charge in [0.15, 0.2) is 11.6 Å². The van der Waals surface area contributed by atoms with E-state index in [1.807, 2.05) is 43.0 Å². The first kappa shape index (κ1) is 18.4. The molecule has 2 aromatic rings. The molecule has 1 aliphatic rings. The molecule has 4 nitrogen and oxygen atoms in total. The summed E-state index contributed by atoms with van der Waals surface area (Å²) in [5, 5.41) is 0. The number of carbonyl (C=O) groups is 1. The van der Waals surface area contributed by atoms with Gasteiger partial charge in [0, 0.05) is 38.3 Å². The minimum absolute atomic E-state index is 0.0950. The number of ether oxygens (including phenoxy) is 1. The number of hydrogen-bond acceptors (Lipinski definition) is 3. The minimum atomic E-state index is -0.339. The molecule has 5 heteroatoms. The number of aryl methyl sites for hydroxylation is 2. The number of nitrogens with zero attached hydrogens (tertiary/aromatic N) is 2. The SMILES string of the molecule is COc1ccc(CN2CCN(C(=O)c3ccc(C)cc3C)CC2)cc1F. The lowest BCUT2D eigenvalue weighted by molar-refractivity contribution is 0.0627. The number of halogens is 1. The molecule has 0 aromatic heterocycles. The van der Waals surface area contributed by atoms with E-state index in [9.17, 15) is 9.18 Å². The van der Waals surface area contributed by atoms with Crippen LogP contribution in [0.1, 0.15) is 27.0 Å². The average Bonchev–Trinajstić information content (AvgIpc) is 2.62. The van der Waals surface area contributed by atoms with E-state index in [4.69, 9.17) is 4.74 Å². The van der Waals surface area contributed by atoms with Gasteiger partial charge in [0.1, 0.15) is 0 Å². The fourth-order valence-electron chi connectivity index (χ4n) is 3.40. The molecule has 1 fully saturated rings. The van der Waals surface area contributed by atoms with Crippen molar-refractivity contribution in [2.45, 2.75) is 20.4 Å². The van der Waals surface area contributed by atoms with Crippen LogP contribution in [0.25, 0.3) is 0 Å². The molecule has 138 valence electrons. The van der Waals surface area contributed by atoms with Crippen LogP contribution in [-0.2, 0) is 6.54 Å². The molecule has 0 atom stereocenters. The summed E-state index contributed by atoms with van der Waals surface area (Å²) < 4.78 is 18.8. The van der Waals surface area contributed by atoms with Gasteiger partial charge >= 0.3 is 0 Å². The Kier molecular flexibility index (Phi) is 5.57. The molecule has 1 saturated heterocycles. The lowest BCUT2D eigenvalue weighted by atomic mass is 10.0. The topological polar surface area (TPSA) is 32.8 Å². The summed E-state index contributed by atoms with van der Waals surface area (Å²) >= 11 is 0. The zero-order valence-electron chi connectivity index (χ0n) is 15.6. The Morgan fingerprint density at radius 2 is 1.81 bits per heavy atom. The van der Waals surface area contributed by atoms with Gasteiger partial charge in [-0.25, -0.2) is 4.39 Å². The van der Waals surface area contributed by atoms with Gasteiger partial charge in [-0.3, -0.25) is 9.69 Å². The molecule has 0 spiro atoms. The van der Waals surface area contributed by atoms with Crippen molar-refractivity contribution in [1.82, 2.24) is 9.80 Å². The summed E-state index contributed by atoms with van der Waals surface area (Å²) in [6.07, 6.45) is 0. The standard InChI is InChI=1S/C21H25FN2O2/c1-15-4-6-18(16(2)12-15)21(25)24-10-8-23(9-11-24)14-17-5-7-20(26-3)19(22)13-17/h4-7,12-13H,8-11,14H2,1-3H3. The molecule has 1 heterocycles. The van der Waals surface area contributed by atoms with Crippen molar-refractivity contribution in [1.29, 1.82) is 0 Å². The summed E-state index contributed by atoms with van der Waals surface area (Å²) in [6, 6.07) is 11.0. The molecule has 0 unspecified atom stereocenters. The quantitative estimate of drug-likeness (QED) is 0.842. The fraction of sp³-hybridized carbons (Fsp3) is 0.381. The van der Waals surface area contributed by atoms with Crippen LogP contribution < -0.4 is 4.74 Å². The average molecular weight is 356 g/mol. The highest BCUT2D eigenvalue weighted by atomic mass is 19.1. The lowest BCUT2D eigenvalue weighted by Crippen LogP contribution is -2.48. The van der Waals surface area contributed by atoms with Crippen molar-refractivity contribution in [2.24, 2.45) is 0 Å². The summed E-state index contributed by atoms with van der Waals surface area (Å²) in [7, 11) is 1.46. The number of rotatable bonds is 4. The number of methoxy groups -OCH3 is 1. The van der Waals surface area contributed by atoms with Crippen LogP contribution in [0.5, 0.6) is 5.75 Å². The number of hydrogen-bond donors (Lipinski definition) is 0. The number of benzene rings is 2. The van der Waals surface area contributed by atoms with Gasteiger partial charge in [0.05, 0.1) is 7.11 Å². The van der Waals surface area contributed by atoms with Gasteiger partial charge in [-0.15, -0.1) is 0 Å². The van der Waals surface area contributed by atoms with Crippen molar-refractivity contribution in [3.05, 3.63) is 64.5 Å². The van der Waals surface area contributed by atoms with E-state index in [0.29, 0.717) is 19.6 Å². The molecule has 0 radical (unpaired) electrons. The first-order valence-electron chi connectivity index (χ1n) is 8.89. The second-order valence-corrected chi connectivity index (χ2v) is 6.86. The molecule has 0 saturated carbocycles. The summed E-state index contributed by atoms with van der Waals surface area (Å²) in [4.78, 5) is 16.9. The minimum Gasteiger partial charge on any atom is -0.494 e.